The number of sulfonamides is 1. The molecule has 1 saturated heterocycles. The predicted molar refractivity (Wildman–Crippen MR) is 63.1 cm³/mol. The molecule has 1 heterocycles. The highest BCUT2D eigenvalue weighted by atomic mass is 32.2. The van der Waals surface area contributed by atoms with Gasteiger partial charge in [-0.25, -0.2) is 13.1 Å². The third-order valence-corrected chi connectivity index (χ3v) is 5.31. The van der Waals surface area contributed by atoms with Crippen LogP contribution in [0.3, 0.4) is 0 Å². The molecule has 3 N–H and O–H groups in total. The van der Waals surface area contributed by atoms with Crippen molar-refractivity contribution in [2.75, 3.05) is 26.4 Å². The molecule has 0 aromatic rings. The van der Waals surface area contributed by atoms with Crippen molar-refractivity contribution in [1.29, 1.82) is 0 Å². The van der Waals surface area contributed by atoms with Gasteiger partial charge in [0.05, 0.1) is 24.0 Å². The van der Waals surface area contributed by atoms with E-state index < -0.39 is 34.0 Å². The number of hydrogen-bond donors (Lipinski definition) is 3. The predicted octanol–water partition coefficient (Wildman–Crippen LogP) is -0.782. The lowest BCUT2D eigenvalue weighted by Crippen LogP contribution is -2.56. The molecule has 0 aliphatic carbocycles. The van der Waals surface area contributed by atoms with Gasteiger partial charge in [-0.3, -0.25) is 0 Å². The highest BCUT2D eigenvalue weighted by Crippen LogP contribution is 2.18. The van der Waals surface area contributed by atoms with Crippen LogP contribution in [0.2, 0.25) is 0 Å². The van der Waals surface area contributed by atoms with Crippen molar-refractivity contribution in [2.45, 2.75) is 37.0 Å². The summed E-state index contributed by atoms with van der Waals surface area (Å²) in [6.07, 6.45) is 1.24. The Morgan fingerprint density at radius 3 is 2.24 bits per heavy atom. The van der Waals surface area contributed by atoms with Gasteiger partial charge in [0.2, 0.25) is 10.0 Å². The minimum absolute atomic E-state index is 0.336. The van der Waals surface area contributed by atoms with Crippen LogP contribution in [0.15, 0.2) is 0 Å². The zero-order chi connectivity index (χ0) is 12.9. The van der Waals surface area contributed by atoms with Crippen molar-refractivity contribution in [2.24, 2.45) is 0 Å². The van der Waals surface area contributed by atoms with Crippen molar-refractivity contribution in [1.82, 2.24) is 4.72 Å². The summed E-state index contributed by atoms with van der Waals surface area (Å²) < 4.78 is 31.7. The molecule has 0 saturated carbocycles. The normalized spacial score (nSPS) is 19.5. The van der Waals surface area contributed by atoms with Crippen LogP contribution >= 0.6 is 0 Å². The molecular weight excluding hydrogens is 246 g/mol. The fraction of sp³-hybridized carbons (Fsp3) is 1.00. The van der Waals surface area contributed by atoms with E-state index in [4.69, 9.17) is 4.74 Å². The molecule has 1 rings (SSSR count). The van der Waals surface area contributed by atoms with Gasteiger partial charge >= 0.3 is 0 Å². The molecule has 102 valence electrons. The Hall–Kier alpha value is -0.210. The fourth-order valence-corrected chi connectivity index (χ4v) is 3.64. The maximum absolute atomic E-state index is 12.1. The molecule has 17 heavy (non-hydrogen) atoms. The van der Waals surface area contributed by atoms with Crippen LogP contribution in [0.5, 0.6) is 0 Å². The van der Waals surface area contributed by atoms with E-state index >= 15 is 0 Å². The Labute approximate surface area is 102 Å². The molecule has 0 radical (unpaired) electrons. The SMILES string of the molecule is CCC(CO)(CO)NS(=O)(=O)C1CCOCC1. The monoisotopic (exact) mass is 267 g/mol. The van der Waals surface area contributed by atoms with Gasteiger partial charge in [-0.05, 0) is 19.3 Å². The number of aliphatic hydroxyl groups is 2. The molecule has 0 bridgehead atoms. The van der Waals surface area contributed by atoms with Crippen molar-refractivity contribution < 1.29 is 23.4 Å². The zero-order valence-electron chi connectivity index (χ0n) is 10.1. The van der Waals surface area contributed by atoms with Crippen LogP contribution in [0, 0.1) is 0 Å². The largest absolute Gasteiger partial charge is 0.394 e. The summed E-state index contributed by atoms with van der Waals surface area (Å²) in [5, 5.41) is 18.0. The minimum Gasteiger partial charge on any atom is -0.394 e. The summed E-state index contributed by atoms with van der Waals surface area (Å²) in [7, 11) is -3.53. The summed E-state index contributed by atoms with van der Waals surface area (Å²) in [5.74, 6) is 0. The van der Waals surface area contributed by atoms with Crippen LogP contribution in [0.4, 0.5) is 0 Å². The Bertz CT molecular complexity index is 311. The lowest BCUT2D eigenvalue weighted by atomic mass is 10.0. The summed E-state index contributed by atoms with van der Waals surface area (Å²) in [6.45, 7) is 1.76. The number of ether oxygens (including phenoxy) is 1. The van der Waals surface area contributed by atoms with Gasteiger partial charge in [0, 0.05) is 13.2 Å². The maximum atomic E-state index is 12.1. The average Bonchev–Trinajstić information content (AvgIpc) is 2.37. The second-order valence-corrected chi connectivity index (χ2v) is 6.37. The molecule has 1 aliphatic rings. The number of nitrogens with one attached hydrogen (secondary N) is 1. The molecule has 0 spiro atoms. The van der Waals surface area contributed by atoms with E-state index in [1.54, 1.807) is 6.92 Å². The number of rotatable bonds is 6. The second kappa shape index (κ2) is 6.10. The lowest BCUT2D eigenvalue weighted by molar-refractivity contribution is 0.0935. The van der Waals surface area contributed by atoms with Gasteiger partial charge < -0.3 is 14.9 Å². The molecule has 0 aromatic heterocycles. The Balaban J connectivity index is 2.76. The standard InChI is InChI=1S/C10H21NO5S/c1-2-10(7-12,8-13)11-17(14,15)9-3-5-16-6-4-9/h9,11-13H,2-8H2,1H3. The Morgan fingerprint density at radius 2 is 1.82 bits per heavy atom. The molecular formula is C10H21NO5S. The zero-order valence-corrected chi connectivity index (χ0v) is 10.9. The first-order chi connectivity index (χ1) is 7.99. The maximum Gasteiger partial charge on any atom is 0.215 e. The van der Waals surface area contributed by atoms with Gasteiger partial charge in [0.25, 0.3) is 0 Å². The highest BCUT2D eigenvalue weighted by Gasteiger charge is 2.36. The van der Waals surface area contributed by atoms with Crippen molar-refractivity contribution in [3.05, 3.63) is 0 Å². The van der Waals surface area contributed by atoms with E-state index in [2.05, 4.69) is 4.72 Å². The van der Waals surface area contributed by atoms with E-state index in [-0.39, 0.29) is 0 Å². The van der Waals surface area contributed by atoms with Gasteiger partial charge in [-0.2, -0.15) is 0 Å². The van der Waals surface area contributed by atoms with Crippen molar-refractivity contribution >= 4 is 10.0 Å². The first-order valence-electron chi connectivity index (χ1n) is 5.82. The summed E-state index contributed by atoms with van der Waals surface area (Å²) >= 11 is 0. The topological polar surface area (TPSA) is 95.9 Å². The van der Waals surface area contributed by atoms with E-state index in [1.165, 1.54) is 0 Å². The van der Waals surface area contributed by atoms with Crippen LogP contribution in [-0.2, 0) is 14.8 Å². The van der Waals surface area contributed by atoms with Crippen LogP contribution in [0.1, 0.15) is 26.2 Å². The molecule has 1 fully saturated rings. The summed E-state index contributed by atoms with van der Waals surface area (Å²) in [5.41, 5.74) is -1.16. The molecule has 0 aromatic carbocycles. The average molecular weight is 267 g/mol. The van der Waals surface area contributed by atoms with Gasteiger partial charge in [0.15, 0.2) is 0 Å². The van der Waals surface area contributed by atoms with Gasteiger partial charge in [-0.15, -0.1) is 0 Å². The summed E-state index contributed by atoms with van der Waals surface area (Å²) in [4.78, 5) is 0. The highest BCUT2D eigenvalue weighted by molar-refractivity contribution is 7.90. The number of hydrogen-bond acceptors (Lipinski definition) is 5. The Morgan fingerprint density at radius 1 is 1.29 bits per heavy atom. The first kappa shape index (κ1) is 14.8. The third kappa shape index (κ3) is 3.62. The first-order valence-corrected chi connectivity index (χ1v) is 7.36. The van der Waals surface area contributed by atoms with Crippen LogP contribution in [0.25, 0.3) is 0 Å². The molecule has 0 atom stereocenters. The van der Waals surface area contributed by atoms with E-state index in [9.17, 15) is 18.6 Å². The van der Waals surface area contributed by atoms with Crippen molar-refractivity contribution in [3.8, 4) is 0 Å². The van der Waals surface area contributed by atoms with E-state index in [0.717, 1.165) is 0 Å². The molecule has 6 nitrogen and oxygen atoms in total. The quantitative estimate of drug-likeness (QED) is 0.586. The lowest BCUT2D eigenvalue weighted by Gasteiger charge is -2.32. The van der Waals surface area contributed by atoms with Gasteiger partial charge in [0.1, 0.15) is 0 Å². The van der Waals surface area contributed by atoms with E-state index in [1.807, 2.05) is 0 Å². The fourth-order valence-electron chi connectivity index (χ4n) is 1.78. The molecule has 7 heteroatoms. The molecule has 0 unspecified atom stereocenters. The van der Waals surface area contributed by atoms with Gasteiger partial charge in [-0.1, -0.05) is 6.92 Å². The van der Waals surface area contributed by atoms with E-state index in [0.29, 0.717) is 32.5 Å². The molecule has 1 aliphatic heterocycles. The summed E-state index contributed by atoms with van der Waals surface area (Å²) in [6, 6.07) is 0. The minimum atomic E-state index is -3.53. The number of aliphatic hydroxyl groups excluding tert-OH is 2. The Kier molecular flexibility index (Phi) is 5.33. The second-order valence-electron chi connectivity index (χ2n) is 4.41. The van der Waals surface area contributed by atoms with Crippen LogP contribution in [-0.4, -0.2) is 55.8 Å². The van der Waals surface area contributed by atoms with Crippen LogP contribution < -0.4 is 4.72 Å². The third-order valence-electron chi connectivity index (χ3n) is 3.25. The smallest absolute Gasteiger partial charge is 0.215 e. The molecule has 0 amide bonds. The van der Waals surface area contributed by atoms with Crippen molar-refractivity contribution in [3.63, 3.8) is 0 Å².